The van der Waals surface area contributed by atoms with Crippen LogP contribution in [-0.4, -0.2) is 27.2 Å². The molecule has 0 radical (unpaired) electrons. The standard InChI is InChI=1S/C19H17BrN2O4/c1-24-15-6-4-14(5-7-15)22-19(23)13(11-21)8-12-9-17(25-2)18(26-3)10-16(12)20/h4-10H,1-3H3,(H,22,23). The molecule has 0 heterocycles. The predicted molar refractivity (Wildman–Crippen MR) is 102 cm³/mol. The second kappa shape index (κ2) is 8.92. The SMILES string of the molecule is COc1ccc(NC(=O)C(C#N)=Cc2cc(OC)c(OC)cc2Br)cc1. The molecule has 0 fully saturated rings. The molecule has 0 saturated heterocycles. The van der Waals surface area contributed by atoms with Gasteiger partial charge in [-0.05, 0) is 48.0 Å². The number of methoxy groups -OCH3 is 3. The number of benzene rings is 2. The third-order valence-corrected chi connectivity index (χ3v) is 4.20. The molecule has 134 valence electrons. The van der Waals surface area contributed by atoms with E-state index in [4.69, 9.17) is 14.2 Å². The van der Waals surface area contributed by atoms with Gasteiger partial charge in [-0.15, -0.1) is 0 Å². The van der Waals surface area contributed by atoms with Gasteiger partial charge in [0.05, 0.1) is 21.3 Å². The molecule has 6 nitrogen and oxygen atoms in total. The molecule has 1 amide bonds. The summed E-state index contributed by atoms with van der Waals surface area (Å²) < 4.78 is 16.2. The molecule has 2 rings (SSSR count). The molecule has 1 N–H and O–H groups in total. The maximum Gasteiger partial charge on any atom is 0.266 e. The summed E-state index contributed by atoms with van der Waals surface area (Å²) in [5, 5.41) is 12.0. The number of carbonyl (C=O) groups excluding carboxylic acids is 1. The van der Waals surface area contributed by atoms with Crippen molar-refractivity contribution in [2.24, 2.45) is 0 Å². The Morgan fingerprint density at radius 1 is 1.08 bits per heavy atom. The van der Waals surface area contributed by atoms with Crippen LogP contribution >= 0.6 is 15.9 Å². The molecular formula is C19H17BrN2O4. The minimum absolute atomic E-state index is 0.0475. The van der Waals surface area contributed by atoms with Crippen LogP contribution in [0.15, 0.2) is 46.4 Å². The summed E-state index contributed by atoms with van der Waals surface area (Å²) in [6, 6.07) is 12.1. The van der Waals surface area contributed by atoms with Crippen LogP contribution in [0.1, 0.15) is 5.56 Å². The average molecular weight is 417 g/mol. The lowest BCUT2D eigenvalue weighted by molar-refractivity contribution is -0.112. The van der Waals surface area contributed by atoms with Gasteiger partial charge >= 0.3 is 0 Å². The Morgan fingerprint density at radius 2 is 1.69 bits per heavy atom. The van der Waals surface area contributed by atoms with Crippen LogP contribution < -0.4 is 19.5 Å². The van der Waals surface area contributed by atoms with Gasteiger partial charge in [0, 0.05) is 10.2 Å². The Labute approximate surface area is 160 Å². The average Bonchev–Trinajstić information content (AvgIpc) is 2.67. The van der Waals surface area contributed by atoms with Gasteiger partial charge in [0.2, 0.25) is 0 Å². The molecule has 26 heavy (non-hydrogen) atoms. The predicted octanol–water partition coefficient (Wildman–Crippen LogP) is 4.02. The molecule has 0 aromatic heterocycles. The fourth-order valence-corrected chi connectivity index (χ4v) is 2.59. The number of carbonyl (C=O) groups is 1. The molecule has 7 heteroatoms. The molecule has 2 aromatic carbocycles. The number of nitriles is 1. The number of anilines is 1. The molecule has 0 atom stereocenters. The van der Waals surface area contributed by atoms with Gasteiger partial charge < -0.3 is 19.5 Å². The third kappa shape index (κ3) is 4.55. The van der Waals surface area contributed by atoms with Crippen molar-refractivity contribution in [2.45, 2.75) is 0 Å². The molecule has 2 aromatic rings. The summed E-state index contributed by atoms with van der Waals surface area (Å²) in [7, 11) is 4.61. The zero-order valence-corrected chi connectivity index (χ0v) is 16.1. The van der Waals surface area contributed by atoms with E-state index in [0.717, 1.165) is 0 Å². The van der Waals surface area contributed by atoms with E-state index in [1.807, 2.05) is 6.07 Å². The molecular weight excluding hydrogens is 400 g/mol. The summed E-state index contributed by atoms with van der Waals surface area (Å²) in [4.78, 5) is 12.4. The van der Waals surface area contributed by atoms with E-state index in [1.54, 1.807) is 43.5 Å². The highest BCUT2D eigenvalue weighted by atomic mass is 79.9. The normalized spacial score (nSPS) is 10.7. The fraction of sp³-hybridized carbons (Fsp3) is 0.158. The zero-order valence-electron chi connectivity index (χ0n) is 14.5. The van der Waals surface area contributed by atoms with E-state index < -0.39 is 5.91 Å². The summed E-state index contributed by atoms with van der Waals surface area (Å²) in [6.07, 6.45) is 1.48. The summed E-state index contributed by atoms with van der Waals surface area (Å²) >= 11 is 3.41. The summed E-state index contributed by atoms with van der Waals surface area (Å²) in [6.45, 7) is 0. The number of ether oxygens (including phenoxy) is 3. The maximum absolute atomic E-state index is 12.4. The van der Waals surface area contributed by atoms with Crippen molar-refractivity contribution in [3.8, 4) is 23.3 Å². The lowest BCUT2D eigenvalue weighted by atomic mass is 10.1. The first-order valence-electron chi connectivity index (χ1n) is 7.51. The van der Waals surface area contributed by atoms with Crippen LogP contribution in [0.4, 0.5) is 5.69 Å². The van der Waals surface area contributed by atoms with Crippen molar-refractivity contribution in [3.05, 3.63) is 52.0 Å². The topological polar surface area (TPSA) is 80.6 Å². The van der Waals surface area contributed by atoms with E-state index in [0.29, 0.717) is 33.0 Å². The summed E-state index contributed by atoms with van der Waals surface area (Å²) in [5.74, 6) is 1.19. The maximum atomic E-state index is 12.4. The van der Waals surface area contributed by atoms with Crippen molar-refractivity contribution >= 4 is 33.6 Å². The molecule has 0 aliphatic heterocycles. The fourth-order valence-electron chi connectivity index (χ4n) is 2.16. The van der Waals surface area contributed by atoms with Gasteiger partial charge in [-0.3, -0.25) is 4.79 Å². The highest BCUT2D eigenvalue weighted by molar-refractivity contribution is 9.10. The second-order valence-corrected chi connectivity index (χ2v) is 5.94. The molecule has 0 unspecified atom stereocenters. The first-order valence-corrected chi connectivity index (χ1v) is 8.30. The summed E-state index contributed by atoms with van der Waals surface area (Å²) in [5.41, 5.74) is 1.13. The Bertz CT molecular complexity index is 870. The zero-order chi connectivity index (χ0) is 19.1. The van der Waals surface area contributed by atoms with Gasteiger partial charge in [0.15, 0.2) is 11.5 Å². The van der Waals surface area contributed by atoms with Crippen molar-refractivity contribution in [2.75, 3.05) is 26.6 Å². The lowest BCUT2D eigenvalue weighted by Gasteiger charge is -2.10. The first kappa shape index (κ1) is 19.3. The van der Waals surface area contributed by atoms with Gasteiger partial charge in [0.1, 0.15) is 17.4 Å². The van der Waals surface area contributed by atoms with Gasteiger partial charge in [-0.25, -0.2) is 0 Å². The Balaban J connectivity index is 2.29. The molecule has 0 aliphatic rings. The van der Waals surface area contributed by atoms with Crippen LogP contribution in [0.25, 0.3) is 6.08 Å². The molecule has 0 saturated carbocycles. The van der Waals surface area contributed by atoms with Crippen LogP contribution in [0.5, 0.6) is 17.2 Å². The number of halogens is 1. The second-order valence-electron chi connectivity index (χ2n) is 5.08. The van der Waals surface area contributed by atoms with Crippen molar-refractivity contribution < 1.29 is 19.0 Å². The number of hydrogen-bond acceptors (Lipinski definition) is 5. The van der Waals surface area contributed by atoms with Gasteiger partial charge in [-0.1, -0.05) is 15.9 Å². The van der Waals surface area contributed by atoms with E-state index in [2.05, 4.69) is 21.2 Å². The molecule has 0 bridgehead atoms. The lowest BCUT2D eigenvalue weighted by Crippen LogP contribution is -2.13. The minimum atomic E-state index is -0.514. The quantitative estimate of drug-likeness (QED) is 0.567. The van der Waals surface area contributed by atoms with E-state index >= 15 is 0 Å². The largest absolute Gasteiger partial charge is 0.497 e. The first-order chi connectivity index (χ1) is 12.5. The highest BCUT2D eigenvalue weighted by Gasteiger charge is 2.13. The van der Waals surface area contributed by atoms with Crippen LogP contribution in [0.3, 0.4) is 0 Å². The van der Waals surface area contributed by atoms with Crippen LogP contribution in [-0.2, 0) is 4.79 Å². The molecule has 0 aliphatic carbocycles. The Morgan fingerprint density at radius 3 is 2.23 bits per heavy atom. The number of nitrogens with one attached hydrogen (secondary N) is 1. The van der Waals surface area contributed by atoms with Crippen molar-refractivity contribution in [3.63, 3.8) is 0 Å². The molecule has 0 spiro atoms. The van der Waals surface area contributed by atoms with Crippen molar-refractivity contribution in [1.82, 2.24) is 0 Å². The van der Waals surface area contributed by atoms with E-state index in [-0.39, 0.29) is 5.57 Å². The number of amides is 1. The van der Waals surface area contributed by atoms with Gasteiger partial charge in [0.25, 0.3) is 5.91 Å². The van der Waals surface area contributed by atoms with Gasteiger partial charge in [-0.2, -0.15) is 5.26 Å². The van der Waals surface area contributed by atoms with Crippen LogP contribution in [0.2, 0.25) is 0 Å². The minimum Gasteiger partial charge on any atom is -0.497 e. The Kier molecular flexibility index (Phi) is 6.64. The van der Waals surface area contributed by atoms with Crippen molar-refractivity contribution in [1.29, 1.82) is 5.26 Å². The number of nitrogens with zero attached hydrogens (tertiary/aromatic N) is 1. The van der Waals surface area contributed by atoms with E-state index in [1.165, 1.54) is 20.3 Å². The van der Waals surface area contributed by atoms with E-state index in [9.17, 15) is 10.1 Å². The van der Waals surface area contributed by atoms with Crippen LogP contribution in [0, 0.1) is 11.3 Å². The number of rotatable bonds is 6. The number of hydrogen-bond donors (Lipinski definition) is 1. The third-order valence-electron chi connectivity index (χ3n) is 3.52. The Hall–Kier alpha value is -2.98. The highest BCUT2D eigenvalue weighted by Crippen LogP contribution is 2.34. The monoisotopic (exact) mass is 416 g/mol. The smallest absolute Gasteiger partial charge is 0.266 e.